The van der Waals surface area contributed by atoms with Crippen molar-refractivity contribution in [3.8, 4) is 17.2 Å². The number of hydrogen-bond donors (Lipinski definition) is 1. The SMILES string of the molecule is O=c1n(-c2ccc(Oc3ccccc3)cc2)ccn1C1CCC(N2CCNCC2)CC1. The van der Waals surface area contributed by atoms with Crippen molar-refractivity contribution in [2.45, 2.75) is 37.8 Å². The van der Waals surface area contributed by atoms with E-state index in [0.29, 0.717) is 12.1 Å². The molecule has 162 valence electrons. The van der Waals surface area contributed by atoms with Crippen LogP contribution < -0.4 is 15.7 Å². The Labute approximate surface area is 183 Å². The highest BCUT2D eigenvalue weighted by atomic mass is 16.5. The van der Waals surface area contributed by atoms with Gasteiger partial charge in [-0.25, -0.2) is 4.79 Å². The quantitative estimate of drug-likeness (QED) is 0.684. The van der Waals surface area contributed by atoms with Crippen LogP contribution in [0.5, 0.6) is 11.5 Å². The lowest BCUT2D eigenvalue weighted by molar-refractivity contribution is 0.122. The minimum absolute atomic E-state index is 0.0438. The average Bonchev–Trinajstić information content (AvgIpc) is 3.22. The smallest absolute Gasteiger partial charge is 0.332 e. The molecule has 0 radical (unpaired) electrons. The summed E-state index contributed by atoms with van der Waals surface area (Å²) in [6.07, 6.45) is 8.33. The summed E-state index contributed by atoms with van der Waals surface area (Å²) >= 11 is 0. The number of nitrogens with one attached hydrogen (secondary N) is 1. The van der Waals surface area contributed by atoms with Gasteiger partial charge in [0, 0.05) is 50.7 Å². The number of para-hydroxylation sites is 1. The molecule has 1 aliphatic heterocycles. The van der Waals surface area contributed by atoms with Gasteiger partial charge >= 0.3 is 5.69 Å². The van der Waals surface area contributed by atoms with Crippen molar-refractivity contribution in [3.63, 3.8) is 0 Å². The summed E-state index contributed by atoms with van der Waals surface area (Å²) < 4.78 is 9.52. The Morgan fingerprint density at radius 1 is 0.774 bits per heavy atom. The van der Waals surface area contributed by atoms with Gasteiger partial charge in [0.15, 0.2) is 0 Å². The first-order valence-corrected chi connectivity index (χ1v) is 11.4. The fourth-order valence-corrected chi connectivity index (χ4v) is 4.91. The van der Waals surface area contributed by atoms with Crippen LogP contribution in [0.25, 0.3) is 5.69 Å². The van der Waals surface area contributed by atoms with E-state index in [9.17, 15) is 4.79 Å². The Morgan fingerprint density at radius 2 is 1.42 bits per heavy atom. The third-order valence-corrected chi connectivity index (χ3v) is 6.62. The third-order valence-electron chi connectivity index (χ3n) is 6.62. The van der Waals surface area contributed by atoms with Crippen LogP contribution in [0.4, 0.5) is 0 Å². The van der Waals surface area contributed by atoms with E-state index < -0.39 is 0 Å². The maximum absolute atomic E-state index is 13.1. The second-order valence-electron chi connectivity index (χ2n) is 8.52. The van der Waals surface area contributed by atoms with Gasteiger partial charge in [0.1, 0.15) is 11.5 Å². The van der Waals surface area contributed by atoms with Gasteiger partial charge in [-0.3, -0.25) is 14.0 Å². The lowest BCUT2D eigenvalue weighted by atomic mass is 9.89. The average molecular weight is 419 g/mol. The highest BCUT2D eigenvalue weighted by Gasteiger charge is 2.28. The molecule has 1 aliphatic carbocycles. The van der Waals surface area contributed by atoms with E-state index in [2.05, 4.69) is 10.2 Å². The Morgan fingerprint density at radius 3 is 2.13 bits per heavy atom. The lowest BCUT2D eigenvalue weighted by Crippen LogP contribution is -2.49. The van der Waals surface area contributed by atoms with Crippen molar-refractivity contribution in [2.24, 2.45) is 0 Å². The van der Waals surface area contributed by atoms with Gasteiger partial charge in [-0.15, -0.1) is 0 Å². The van der Waals surface area contributed by atoms with Crippen molar-refractivity contribution in [1.29, 1.82) is 0 Å². The summed E-state index contributed by atoms with van der Waals surface area (Å²) in [6, 6.07) is 18.4. The Hall–Kier alpha value is -2.83. The van der Waals surface area contributed by atoms with Gasteiger partial charge in [-0.2, -0.15) is 0 Å². The molecular weight excluding hydrogens is 388 g/mol. The molecule has 1 aromatic heterocycles. The van der Waals surface area contributed by atoms with Crippen LogP contribution in [0.15, 0.2) is 71.8 Å². The van der Waals surface area contributed by atoms with Crippen molar-refractivity contribution in [2.75, 3.05) is 26.2 Å². The molecule has 2 aliphatic rings. The topological polar surface area (TPSA) is 51.4 Å². The van der Waals surface area contributed by atoms with Crippen LogP contribution in [-0.2, 0) is 0 Å². The molecule has 3 aromatic rings. The van der Waals surface area contributed by atoms with Gasteiger partial charge in [0.2, 0.25) is 0 Å². The van der Waals surface area contributed by atoms with E-state index in [4.69, 9.17) is 4.74 Å². The van der Waals surface area contributed by atoms with Crippen molar-refractivity contribution in [1.82, 2.24) is 19.4 Å². The number of aromatic nitrogens is 2. The normalized spacial score (nSPS) is 22.3. The molecule has 1 N–H and O–H groups in total. The monoisotopic (exact) mass is 418 g/mol. The number of benzene rings is 2. The van der Waals surface area contributed by atoms with E-state index in [-0.39, 0.29) is 5.69 Å². The molecule has 31 heavy (non-hydrogen) atoms. The third kappa shape index (κ3) is 4.45. The number of nitrogens with zero attached hydrogens (tertiary/aromatic N) is 3. The minimum Gasteiger partial charge on any atom is -0.457 e. The Bertz CT molecular complexity index is 1030. The summed E-state index contributed by atoms with van der Waals surface area (Å²) in [5.41, 5.74) is 0.904. The molecule has 1 saturated carbocycles. The van der Waals surface area contributed by atoms with Gasteiger partial charge < -0.3 is 10.1 Å². The minimum atomic E-state index is 0.0438. The standard InChI is InChI=1S/C25H30N4O2/c30-25-28(21-8-6-20(7-9-21)27-16-14-26-15-17-27)18-19-29(25)22-10-12-24(13-11-22)31-23-4-2-1-3-5-23/h1-5,10-13,18-21,26H,6-9,14-17H2. The highest BCUT2D eigenvalue weighted by Crippen LogP contribution is 2.30. The summed E-state index contributed by atoms with van der Waals surface area (Å²) in [5.74, 6) is 1.56. The van der Waals surface area contributed by atoms with Crippen molar-refractivity contribution >= 4 is 0 Å². The number of ether oxygens (including phenoxy) is 1. The number of piperazine rings is 1. The van der Waals surface area contributed by atoms with E-state index in [1.807, 2.05) is 71.6 Å². The van der Waals surface area contributed by atoms with Gasteiger partial charge in [0.05, 0.1) is 5.69 Å². The molecule has 6 nitrogen and oxygen atoms in total. The van der Waals surface area contributed by atoms with Crippen LogP contribution in [0.3, 0.4) is 0 Å². The van der Waals surface area contributed by atoms with Crippen LogP contribution in [0.2, 0.25) is 0 Å². The molecule has 2 aromatic carbocycles. The fraction of sp³-hybridized carbons (Fsp3) is 0.400. The zero-order valence-corrected chi connectivity index (χ0v) is 17.8. The molecule has 1 saturated heterocycles. The molecule has 0 atom stereocenters. The van der Waals surface area contributed by atoms with E-state index >= 15 is 0 Å². The zero-order chi connectivity index (χ0) is 21.0. The van der Waals surface area contributed by atoms with E-state index in [1.54, 1.807) is 4.57 Å². The molecule has 5 rings (SSSR count). The van der Waals surface area contributed by atoms with E-state index in [1.165, 1.54) is 12.8 Å². The van der Waals surface area contributed by atoms with Crippen molar-refractivity contribution in [3.05, 3.63) is 77.5 Å². The zero-order valence-electron chi connectivity index (χ0n) is 17.8. The molecule has 0 bridgehead atoms. The van der Waals surface area contributed by atoms with Crippen molar-refractivity contribution < 1.29 is 4.74 Å². The largest absolute Gasteiger partial charge is 0.457 e. The Kier molecular flexibility index (Phi) is 5.91. The maximum Gasteiger partial charge on any atom is 0.332 e. The molecule has 6 heteroatoms. The second kappa shape index (κ2) is 9.12. The maximum atomic E-state index is 13.1. The Balaban J connectivity index is 1.24. The summed E-state index contributed by atoms with van der Waals surface area (Å²) in [4.78, 5) is 15.7. The van der Waals surface area contributed by atoms with Crippen LogP contribution in [0.1, 0.15) is 31.7 Å². The number of rotatable bonds is 5. The summed E-state index contributed by atoms with van der Waals surface area (Å²) in [5, 5.41) is 3.43. The summed E-state index contributed by atoms with van der Waals surface area (Å²) in [7, 11) is 0. The molecular formula is C25H30N4O2. The predicted molar refractivity (Wildman–Crippen MR) is 122 cm³/mol. The van der Waals surface area contributed by atoms with Gasteiger partial charge in [-0.1, -0.05) is 18.2 Å². The second-order valence-corrected chi connectivity index (χ2v) is 8.52. The fourth-order valence-electron chi connectivity index (χ4n) is 4.91. The van der Waals surface area contributed by atoms with Gasteiger partial charge in [0.25, 0.3) is 0 Å². The van der Waals surface area contributed by atoms with Crippen LogP contribution >= 0.6 is 0 Å². The molecule has 0 unspecified atom stereocenters. The first-order chi connectivity index (χ1) is 15.3. The molecule has 0 spiro atoms. The molecule has 0 amide bonds. The first kappa shape index (κ1) is 20.1. The van der Waals surface area contributed by atoms with Crippen LogP contribution in [0, 0.1) is 0 Å². The molecule has 2 heterocycles. The number of imidazole rings is 1. The number of hydrogen-bond acceptors (Lipinski definition) is 4. The van der Waals surface area contributed by atoms with Crippen LogP contribution in [-0.4, -0.2) is 46.3 Å². The van der Waals surface area contributed by atoms with E-state index in [0.717, 1.165) is 56.2 Å². The first-order valence-electron chi connectivity index (χ1n) is 11.4. The summed E-state index contributed by atoms with van der Waals surface area (Å²) in [6.45, 7) is 4.49. The highest BCUT2D eigenvalue weighted by molar-refractivity contribution is 5.39. The predicted octanol–water partition coefficient (Wildman–Crippen LogP) is 3.82. The molecule has 2 fully saturated rings. The lowest BCUT2D eigenvalue weighted by Gasteiger charge is -2.39. The van der Waals surface area contributed by atoms with Gasteiger partial charge in [-0.05, 0) is 62.1 Å².